The Morgan fingerprint density at radius 2 is 1.89 bits per heavy atom. The molecule has 2 aromatic heterocycles. The zero-order chi connectivity index (χ0) is 19.7. The predicted molar refractivity (Wildman–Crippen MR) is 108 cm³/mol. The van der Waals surface area contributed by atoms with Gasteiger partial charge in [-0.05, 0) is 35.9 Å². The third-order valence-corrected chi connectivity index (χ3v) is 5.27. The summed E-state index contributed by atoms with van der Waals surface area (Å²) >= 11 is 6.24. The first-order valence-corrected chi connectivity index (χ1v) is 10.3. The number of nitrogens with one attached hydrogen (secondary N) is 1. The number of halogens is 2. The van der Waals surface area contributed by atoms with Crippen molar-refractivity contribution < 1.29 is 13.0 Å². The van der Waals surface area contributed by atoms with Crippen LogP contribution in [0.4, 0.5) is 4.39 Å². The van der Waals surface area contributed by atoms with Gasteiger partial charge in [0.15, 0.2) is 5.58 Å². The summed E-state index contributed by atoms with van der Waals surface area (Å²) in [6, 6.07) is 11.0. The molecule has 0 aliphatic rings. The first-order valence-electron chi connectivity index (χ1n) is 8.33. The molecule has 4 rings (SSSR count). The molecule has 0 fully saturated rings. The van der Waals surface area contributed by atoms with Gasteiger partial charge in [-0.2, -0.15) is 0 Å². The van der Waals surface area contributed by atoms with E-state index in [1.165, 1.54) is 18.2 Å². The molecule has 4 aromatic rings. The van der Waals surface area contributed by atoms with Gasteiger partial charge >= 0.3 is 0 Å². The Balaban J connectivity index is 0.00000102. The van der Waals surface area contributed by atoms with Crippen LogP contribution in [0, 0.1) is 5.82 Å². The Hall–Kier alpha value is -2.44. The Morgan fingerprint density at radius 1 is 1.15 bits per heavy atom. The van der Waals surface area contributed by atoms with Crippen LogP contribution in [0.2, 0.25) is 5.02 Å². The average Bonchev–Trinajstić information content (AvgIpc) is 3.01. The van der Waals surface area contributed by atoms with Gasteiger partial charge in [-0.1, -0.05) is 37.6 Å². The number of hydrogen-bond donors (Lipinski definition) is 1. The molecule has 4 nitrogen and oxygen atoms in total. The molecule has 27 heavy (non-hydrogen) atoms. The van der Waals surface area contributed by atoms with E-state index in [-0.39, 0.29) is 5.02 Å². The van der Waals surface area contributed by atoms with Crippen molar-refractivity contribution in [1.82, 2.24) is 4.98 Å². The summed E-state index contributed by atoms with van der Waals surface area (Å²) < 4.78 is 31.2. The molecule has 0 saturated heterocycles. The molecule has 1 unspecified atom stereocenters. The number of hydrogen-bond acceptors (Lipinski definition) is 3. The zero-order valence-electron chi connectivity index (χ0n) is 14.9. The number of aromatic nitrogens is 1. The monoisotopic (exact) mass is 405 g/mol. The van der Waals surface area contributed by atoms with Crippen molar-refractivity contribution in [3.8, 4) is 11.1 Å². The Kier molecular flexibility index (Phi) is 5.48. The first kappa shape index (κ1) is 19.3. The fourth-order valence-electron chi connectivity index (χ4n) is 2.84. The molecule has 0 aliphatic heterocycles. The fraction of sp³-hybridized carbons (Fsp3) is 0.150. The molecule has 0 radical (unpaired) electrons. The van der Waals surface area contributed by atoms with E-state index in [0.29, 0.717) is 38.1 Å². The van der Waals surface area contributed by atoms with Gasteiger partial charge in [-0.15, -0.1) is 0 Å². The topological polar surface area (TPSA) is 63.1 Å². The lowest BCUT2D eigenvalue weighted by Gasteiger charge is -2.06. The maximum atomic E-state index is 13.6. The van der Waals surface area contributed by atoms with Crippen molar-refractivity contribution in [3.05, 3.63) is 63.7 Å². The molecule has 0 saturated carbocycles. The molecular weight excluding hydrogens is 389 g/mol. The van der Waals surface area contributed by atoms with Gasteiger partial charge in [0, 0.05) is 27.3 Å². The number of pyridine rings is 1. The summed E-state index contributed by atoms with van der Waals surface area (Å²) in [6.07, 6.45) is 1.57. The van der Waals surface area contributed by atoms with E-state index in [0.717, 1.165) is 0 Å². The summed E-state index contributed by atoms with van der Waals surface area (Å²) in [4.78, 5) is 15.5. The lowest BCUT2D eigenvalue weighted by Crippen LogP contribution is -2.07. The highest BCUT2D eigenvalue weighted by Gasteiger charge is 2.19. The number of rotatable bonds is 2. The smallest absolute Gasteiger partial charge is 0.268 e. The second kappa shape index (κ2) is 7.66. The minimum atomic E-state index is -1.19. The van der Waals surface area contributed by atoms with Crippen LogP contribution < -0.4 is 5.56 Å². The van der Waals surface area contributed by atoms with Gasteiger partial charge in [0.25, 0.3) is 5.56 Å². The normalized spacial score (nSPS) is 12.0. The van der Waals surface area contributed by atoms with E-state index in [9.17, 15) is 13.4 Å². The largest absolute Gasteiger partial charge is 0.454 e. The molecule has 140 valence electrons. The molecule has 0 bridgehead atoms. The molecule has 7 heteroatoms. The number of H-pyrrole nitrogens is 1. The highest BCUT2D eigenvalue weighted by Crippen LogP contribution is 2.37. The predicted octanol–water partition coefficient (Wildman–Crippen LogP) is 5.50. The fourth-order valence-corrected chi connectivity index (χ4v) is 3.65. The van der Waals surface area contributed by atoms with Gasteiger partial charge in [0.05, 0.1) is 11.1 Å². The minimum absolute atomic E-state index is 0.0361. The second-order valence-electron chi connectivity index (χ2n) is 5.57. The Bertz CT molecular complexity index is 1230. The Morgan fingerprint density at radius 3 is 2.59 bits per heavy atom. The summed E-state index contributed by atoms with van der Waals surface area (Å²) in [5, 5.41) is 0.423. The first-order chi connectivity index (χ1) is 13.0. The van der Waals surface area contributed by atoms with Crippen LogP contribution in [0.1, 0.15) is 13.8 Å². The molecule has 2 aromatic carbocycles. The highest BCUT2D eigenvalue weighted by atomic mass is 35.5. The van der Waals surface area contributed by atoms with Crippen molar-refractivity contribution in [2.75, 3.05) is 6.26 Å². The second-order valence-corrected chi connectivity index (χ2v) is 7.33. The maximum absolute atomic E-state index is 13.6. The maximum Gasteiger partial charge on any atom is 0.268 e. The summed E-state index contributed by atoms with van der Waals surface area (Å²) in [5.74, 6) is -0.434. The number of fused-ring (bicyclic) bond motifs is 3. The van der Waals surface area contributed by atoms with E-state index in [2.05, 4.69) is 4.98 Å². The van der Waals surface area contributed by atoms with Gasteiger partial charge in [-0.3, -0.25) is 9.00 Å². The Labute approximate surface area is 162 Å². The van der Waals surface area contributed by atoms with Gasteiger partial charge < -0.3 is 9.40 Å². The quantitative estimate of drug-likeness (QED) is 0.479. The van der Waals surface area contributed by atoms with Crippen molar-refractivity contribution in [2.45, 2.75) is 18.7 Å². The summed E-state index contributed by atoms with van der Waals surface area (Å²) in [6.45, 7) is 4.00. The third kappa shape index (κ3) is 3.42. The van der Waals surface area contributed by atoms with E-state index in [1.54, 1.807) is 30.5 Å². The van der Waals surface area contributed by atoms with E-state index >= 15 is 0 Å². The molecule has 2 heterocycles. The van der Waals surface area contributed by atoms with E-state index in [1.807, 2.05) is 13.8 Å². The number of furan rings is 1. The van der Waals surface area contributed by atoms with Crippen LogP contribution in [0.25, 0.3) is 33.2 Å². The molecule has 0 amide bonds. The van der Waals surface area contributed by atoms with E-state index < -0.39 is 22.2 Å². The summed E-state index contributed by atoms with van der Waals surface area (Å²) in [7, 11) is -1.19. The lowest BCUT2D eigenvalue weighted by atomic mass is 10.1. The number of aromatic amines is 1. The molecule has 0 aliphatic carbocycles. The van der Waals surface area contributed by atoms with Crippen LogP contribution >= 0.6 is 11.6 Å². The lowest BCUT2D eigenvalue weighted by molar-refractivity contribution is 0.626. The highest BCUT2D eigenvalue weighted by molar-refractivity contribution is 7.84. The zero-order valence-corrected chi connectivity index (χ0v) is 16.5. The van der Waals surface area contributed by atoms with Crippen LogP contribution in [0.3, 0.4) is 0 Å². The SMILES string of the molecule is CC.CS(=O)c1cccc(-c2c(Cl)c(=O)[nH]c3c2oc2ccc(F)cc23)c1. The van der Waals surface area contributed by atoms with Crippen LogP contribution in [0.5, 0.6) is 0 Å². The number of benzene rings is 2. The summed E-state index contributed by atoms with van der Waals surface area (Å²) in [5.41, 5.74) is 1.66. The molecule has 0 spiro atoms. The van der Waals surface area contributed by atoms with Crippen molar-refractivity contribution >= 4 is 44.5 Å². The van der Waals surface area contributed by atoms with Crippen molar-refractivity contribution in [3.63, 3.8) is 0 Å². The molecule has 1 N–H and O–H groups in total. The molecule has 1 atom stereocenters. The van der Waals surface area contributed by atoms with Gasteiger partial charge in [-0.25, -0.2) is 4.39 Å². The third-order valence-electron chi connectivity index (χ3n) is 3.99. The minimum Gasteiger partial charge on any atom is -0.454 e. The molecular formula is C20H17ClFNO3S. The van der Waals surface area contributed by atoms with Crippen molar-refractivity contribution in [1.29, 1.82) is 0 Å². The van der Waals surface area contributed by atoms with E-state index in [4.69, 9.17) is 16.0 Å². The standard InChI is InChI=1S/C18H11ClFNO3S.C2H6/c1-25(23)11-4-2-3-9(7-11)14-15(19)18(22)21-16-12-8-10(20)5-6-13(12)24-17(14)16;1-2/h2-8H,1H3,(H,21,22);1-2H3. The van der Waals surface area contributed by atoms with Crippen molar-refractivity contribution in [2.24, 2.45) is 0 Å². The average molecular weight is 406 g/mol. The van der Waals surface area contributed by atoms with Crippen LogP contribution in [-0.4, -0.2) is 15.4 Å². The van der Waals surface area contributed by atoms with Crippen LogP contribution in [0.15, 0.2) is 56.6 Å². The van der Waals surface area contributed by atoms with Gasteiger partial charge in [0.2, 0.25) is 0 Å². The van der Waals surface area contributed by atoms with Crippen LogP contribution in [-0.2, 0) is 10.8 Å². The van der Waals surface area contributed by atoms with Gasteiger partial charge in [0.1, 0.15) is 16.4 Å².